The zero-order valence-corrected chi connectivity index (χ0v) is 15.3. The summed E-state index contributed by atoms with van der Waals surface area (Å²) < 4.78 is 5.11. The van der Waals surface area contributed by atoms with Gasteiger partial charge in [-0.05, 0) is 39.3 Å². The lowest BCUT2D eigenvalue weighted by atomic mass is 10.0. The van der Waals surface area contributed by atoms with Gasteiger partial charge < -0.3 is 9.64 Å². The minimum Gasteiger partial charge on any atom is -0.462 e. The van der Waals surface area contributed by atoms with Crippen molar-refractivity contribution in [3.05, 3.63) is 12.2 Å². The number of unbranched alkanes of at least 4 members (excludes halogenated alkanes) is 4. The van der Waals surface area contributed by atoms with Gasteiger partial charge in [0.25, 0.3) is 0 Å². The summed E-state index contributed by atoms with van der Waals surface area (Å²) in [5.41, 5.74) is 0.484. The first-order valence-corrected chi connectivity index (χ1v) is 9.13. The third-order valence-corrected chi connectivity index (χ3v) is 4.23. The lowest BCUT2D eigenvalue weighted by Gasteiger charge is -2.29. The van der Waals surface area contributed by atoms with Crippen LogP contribution >= 0.6 is 0 Å². The standard InChI is InChI=1S/C19H37NO2/c1-6-9-14-18(20(7-2)8-3)15-12-10-11-13-16-22-19(21)17(4)5/h18H,4,6-16H2,1-3,5H3. The van der Waals surface area contributed by atoms with Crippen molar-refractivity contribution in [3.8, 4) is 0 Å². The van der Waals surface area contributed by atoms with E-state index >= 15 is 0 Å². The molecule has 3 nitrogen and oxygen atoms in total. The molecule has 0 aromatic heterocycles. The smallest absolute Gasteiger partial charge is 0.333 e. The number of hydrogen-bond acceptors (Lipinski definition) is 3. The minimum absolute atomic E-state index is 0.263. The van der Waals surface area contributed by atoms with Crippen molar-refractivity contribution in [2.45, 2.75) is 85.1 Å². The molecule has 0 aromatic carbocycles. The van der Waals surface area contributed by atoms with Crippen molar-refractivity contribution in [1.29, 1.82) is 0 Å². The van der Waals surface area contributed by atoms with E-state index in [9.17, 15) is 4.79 Å². The van der Waals surface area contributed by atoms with Crippen molar-refractivity contribution in [1.82, 2.24) is 4.90 Å². The van der Waals surface area contributed by atoms with Crippen LogP contribution in [-0.4, -0.2) is 36.6 Å². The van der Waals surface area contributed by atoms with Gasteiger partial charge in [-0.3, -0.25) is 0 Å². The SMILES string of the molecule is C=C(C)C(=O)OCCCCCCC(CCCC)N(CC)CC. The third-order valence-electron chi connectivity index (χ3n) is 4.23. The Morgan fingerprint density at radius 2 is 1.59 bits per heavy atom. The van der Waals surface area contributed by atoms with Crippen LogP contribution in [0.15, 0.2) is 12.2 Å². The molecular formula is C19H37NO2. The molecule has 0 spiro atoms. The Morgan fingerprint density at radius 1 is 1.00 bits per heavy atom. The van der Waals surface area contributed by atoms with Crippen LogP contribution in [0, 0.1) is 0 Å². The van der Waals surface area contributed by atoms with E-state index in [1.54, 1.807) is 6.92 Å². The Kier molecular flexibility index (Phi) is 13.3. The quantitative estimate of drug-likeness (QED) is 0.258. The van der Waals surface area contributed by atoms with Crippen LogP contribution in [0.4, 0.5) is 0 Å². The molecule has 0 aliphatic rings. The van der Waals surface area contributed by atoms with Gasteiger partial charge >= 0.3 is 5.97 Å². The Labute approximate surface area is 138 Å². The molecule has 1 unspecified atom stereocenters. The molecule has 0 aromatic rings. The number of carbonyl (C=O) groups excluding carboxylic acids is 1. The van der Waals surface area contributed by atoms with Crippen molar-refractivity contribution >= 4 is 5.97 Å². The second-order valence-electron chi connectivity index (χ2n) is 6.14. The van der Waals surface area contributed by atoms with Gasteiger partial charge in [0.2, 0.25) is 0 Å². The number of hydrogen-bond donors (Lipinski definition) is 0. The van der Waals surface area contributed by atoms with E-state index in [-0.39, 0.29) is 5.97 Å². The van der Waals surface area contributed by atoms with Gasteiger partial charge in [0, 0.05) is 11.6 Å². The molecule has 0 saturated carbocycles. The molecule has 0 rings (SSSR count). The monoisotopic (exact) mass is 311 g/mol. The molecule has 0 amide bonds. The van der Waals surface area contributed by atoms with E-state index < -0.39 is 0 Å². The lowest BCUT2D eigenvalue weighted by molar-refractivity contribution is -0.139. The molecule has 3 heteroatoms. The van der Waals surface area contributed by atoms with E-state index in [0.717, 1.165) is 32.0 Å². The topological polar surface area (TPSA) is 29.5 Å². The third kappa shape index (κ3) is 9.99. The number of nitrogens with zero attached hydrogens (tertiary/aromatic N) is 1. The van der Waals surface area contributed by atoms with Crippen LogP contribution in [0.2, 0.25) is 0 Å². The lowest BCUT2D eigenvalue weighted by Crippen LogP contribution is -2.35. The van der Waals surface area contributed by atoms with Gasteiger partial charge in [0.05, 0.1) is 6.61 Å². The highest BCUT2D eigenvalue weighted by Crippen LogP contribution is 2.16. The molecular weight excluding hydrogens is 274 g/mol. The molecule has 0 aliphatic carbocycles. The highest BCUT2D eigenvalue weighted by molar-refractivity contribution is 5.86. The molecule has 0 aliphatic heterocycles. The summed E-state index contributed by atoms with van der Waals surface area (Å²) in [6.45, 7) is 14.9. The van der Waals surface area contributed by atoms with E-state index in [0.29, 0.717) is 12.2 Å². The van der Waals surface area contributed by atoms with Crippen LogP contribution < -0.4 is 0 Å². The second-order valence-corrected chi connectivity index (χ2v) is 6.14. The number of rotatable bonds is 14. The average Bonchev–Trinajstić information content (AvgIpc) is 2.51. The first-order chi connectivity index (χ1) is 10.6. The van der Waals surface area contributed by atoms with Crippen molar-refractivity contribution in [2.24, 2.45) is 0 Å². The maximum absolute atomic E-state index is 11.2. The summed E-state index contributed by atoms with van der Waals surface area (Å²) in [5.74, 6) is -0.263. The van der Waals surface area contributed by atoms with Crippen LogP contribution in [0.25, 0.3) is 0 Å². The molecule has 0 heterocycles. The summed E-state index contributed by atoms with van der Waals surface area (Å²) in [6, 6.07) is 0.746. The predicted molar refractivity (Wildman–Crippen MR) is 95.1 cm³/mol. The van der Waals surface area contributed by atoms with E-state index in [1.807, 2.05) is 0 Å². The molecule has 0 fully saturated rings. The van der Waals surface area contributed by atoms with Crippen molar-refractivity contribution in [3.63, 3.8) is 0 Å². The van der Waals surface area contributed by atoms with E-state index in [2.05, 4.69) is 32.3 Å². The molecule has 0 bridgehead atoms. The summed E-state index contributed by atoms with van der Waals surface area (Å²) in [5, 5.41) is 0. The maximum atomic E-state index is 11.2. The van der Waals surface area contributed by atoms with E-state index in [1.165, 1.54) is 38.5 Å². The zero-order valence-electron chi connectivity index (χ0n) is 15.3. The summed E-state index contributed by atoms with van der Waals surface area (Å²) in [6.07, 6.45) is 9.85. The van der Waals surface area contributed by atoms with Gasteiger partial charge in [0.1, 0.15) is 0 Å². The van der Waals surface area contributed by atoms with Gasteiger partial charge in [-0.1, -0.05) is 59.5 Å². The molecule has 130 valence electrons. The minimum atomic E-state index is -0.263. The first kappa shape index (κ1) is 21.2. The molecule has 22 heavy (non-hydrogen) atoms. The van der Waals surface area contributed by atoms with Crippen molar-refractivity contribution in [2.75, 3.05) is 19.7 Å². The zero-order chi connectivity index (χ0) is 16.8. The number of esters is 1. The normalized spacial score (nSPS) is 12.4. The Bertz CT molecular complexity index is 298. The fraction of sp³-hybridized carbons (Fsp3) is 0.842. The Morgan fingerprint density at radius 3 is 2.14 bits per heavy atom. The molecule has 1 atom stereocenters. The highest BCUT2D eigenvalue weighted by atomic mass is 16.5. The van der Waals surface area contributed by atoms with Crippen LogP contribution in [0.1, 0.15) is 79.1 Å². The maximum Gasteiger partial charge on any atom is 0.333 e. The number of carbonyl (C=O) groups is 1. The van der Waals surface area contributed by atoms with Gasteiger partial charge in [0.15, 0.2) is 0 Å². The van der Waals surface area contributed by atoms with Crippen LogP contribution in [0.5, 0.6) is 0 Å². The van der Waals surface area contributed by atoms with Gasteiger partial charge in [-0.15, -0.1) is 0 Å². The van der Waals surface area contributed by atoms with Gasteiger partial charge in [-0.2, -0.15) is 0 Å². The summed E-state index contributed by atoms with van der Waals surface area (Å²) in [4.78, 5) is 13.8. The highest BCUT2D eigenvalue weighted by Gasteiger charge is 2.14. The van der Waals surface area contributed by atoms with Gasteiger partial charge in [-0.25, -0.2) is 4.79 Å². The predicted octanol–water partition coefficient (Wildman–Crippen LogP) is 4.96. The Balaban J connectivity index is 3.79. The fourth-order valence-corrected chi connectivity index (χ4v) is 2.81. The Hall–Kier alpha value is -0.830. The first-order valence-electron chi connectivity index (χ1n) is 9.13. The average molecular weight is 312 g/mol. The molecule has 0 radical (unpaired) electrons. The van der Waals surface area contributed by atoms with E-state index in [4.69, 9.17) is 4.74 Å². The summed E-state index contributed by atoms with van der Waals surface area (Å²) in [7, 11) is 0. The second kappa shape index (κ2) is 13.8. The van der Waals surface area contributed by atoms with Crippen molar-refractivity contribution < 1.29 is 9.53 Å². The largest absolute Gasteiger partial charge is 0.462 e. The van der Waals surface area contributed by atoms with Crippen LogP contribution in [-0.2, 0) is 9.53 Å². The molecule has 0 N–H and O–H groups in total. The summed E-state index contributed by atoms with van der Waals surface area (Å²) >= 11 is 0. The van der Waals surface area contributed by atoms with Crippen LogP contribution in [0.3, 0.4) is 0 Å². The fourth-order valence-electron chi connectivity index (χ4n) is 2.81. The molecule has 0 saturated heterocycles. The number of ether oxygens (including phenoxy) is 1.